The number of ether oxygens (including phenoxy) is 4. The first-order valence-electron chi connectivity index (χ1n) is 10.00. The van der Waals surface area contributed by atoms with Crippen molar-refractivity contribution in [3.8, 4) is 23.0 Å². The van der Waals surface area contributed by atoms with E-state index in [1.54, 1.807) is 25.2 Å². The molecule has 0 bridgehead atoms. The average Bonchev–Trinajstić information content (AvgIpc) is 3.43. The second-order valence-corrected chi connectivity index (χ2v) is 7.12. The Hall–Kier alpha value is -4.26. The van der Waals surface area contributed by atoms with Crippen LogP contribution in [0.15, 0.2) is 77.4 Å². The maximum Gasteiger partial charge on any atom is 0.282 e. The van der Waals surface area contributed by atoms with Crippen molar-refractivity contribution >= 4 is 23.5 Å². The molecule has 32 heavy (non-hydrogen) atoms. The SMILES string of the molecule is COc1ccc(N2C(=O)/C(=C\c3ccc4c(c3)OCO4)N=C2c2ccccc2OC)cc1. The molecule has 5 rings (SSSR count). The molecule has 0 radical (unpaired) electrons. The van der Waals surface area contributed by atoms with Crippen molar-refractivity contribution in [2.75, 3.05) is 25.9 Å². The lowest BCUT2D eigenvalue weighted by atomic mass is 10.1. The molecule has 7 nitrogen and oxygen atoms in total. The van der Waals surface area contributed by atoms with Crippen molar-refractivity contribution < 1.29 is 23.7 Å². The van der Waals surface area contributed by atoms with Gasteiger partial charge in [-0.2, -0.15) is 0 Å². The summed E-state index contributed by atoms with van der Waals surface area (Å²) in [7, 11) is 3.20. The second kappa shape index (κ2) is 8.11. The number of aliphatic imine (C=N–C) groups is 1. The van der Waals surface area contributed by atoms with Crippen molar-refractivity contribution in [2.45, 2.75) is 0 Å². The normalized spacial score (nSPS) is 15.8. The molecule has 1 amide bonds. The van der Waals surface area contributed by atoms with Gasteiger partial charge >= 0.3 is 0 Å². The number of hydrogen-bond donors (Lipinski definition) is 0. The summed E-state index contributed by atoms with van der Waals surface area (Å²) in [5, 5.41) is 0. The van der Waals surface area contributed by atoms with E-state index in [4.69, 9.17) is 23.9 Å². The van der Waals surface area contributed by atoms with Crippen LogP contribution in [0.3, 0.4) is 0 Å². The van der Waals surface area contributed by atoms with Gasteiger partial charge < -0.3 is 18.9 Å². The average molecular weight is 428 g/mol. The van der Waals surface area contributed by atoms with Crippen LogP contribution >= 0.6 is 0 Å². The first-order chi connectivity index (χ1) is 15.7. The molecule has 0 aliphatic carbocycles. The summed E-state index contributed by atoms with van der Waals surface area (Å²) >= 11 is 0. The fourth-order valence-corrected chi connectivity index (χ4v) is 3.66. The highest BCUT2D eigenvalue weighted by Crippen LogP contribution is 2.35. The van der Waals surface area contributed by atoms with E-state index >= 15 is 0 Å². The smallest absolute Gasteiger partial charge is 0.282 e. The molecule has 0 atom stereocenters. The summed E-state index contributed by atoms with van der Waals surface area (Å²) in [6.45, 7) is 0.190. The van der Waals surface area contributed by atoms with Gasteiger partial charge in [0.25, 0.3) is 5.91 Å². The molecule has 3 aromatic carbocycles. The van der Waals surface area contributed by atoms with Gasteiger partial charge in [-0.05, 0) is 60.2 Å². The van der Waals surface area contributed by atoms with Gasteiger partial charge in [0.2, 0.25) is 6.79 Å². The molecule has 2 aliphatic heterocycles. The first-order valence-corrected chi connectivity index (χ1v) is 10.00. The second-order valence-electron chi connectivity index (χ2n) is 7.12. The number of hydrogen-bond acceptors (Lipinski definition) is 6. The summed E-state index contributed by atoms with van der Waals surface area (Å²) < 4.78 is 21.6. The van der Waals surface area contributed by atoms with E-state index in [0.717, 1.165) is 5.56 Å². The fraction of sp³-hybridized carbons (Fsp3) is 0.120. The molecule has 0 aromatic heterocycles. The monoisotopic (exact) mass is 428 g/mol. The van der Waals surface area contributed by atoms with Crippen molar-refractivity contribution in [1.82, 2.24) is 0 Å². The van der Waals surface area contributed by atoms with Gasteiger partial charge in [-0.15, -0.1) is 0 Å². The topological polar surface area (TPSA) is 69.6 Å². The summed E-state index contributed by atoms with van der Waals surface area (Å²) in [4.78, 5) is 19.8. The van der Waals surface area contributed by atoms with Gasteiger partial charge in [-0.1, -0.05) is 18.2 Å². The largest absolute Gasteiger partial charge is 0.497 e. The number of nitrogens with zero attached hydrogens (tertiary/aromatic N) is 2. The van der Waals surface area contributed by atoms with E-state index in [0.29, 0.717) is 45.8 Å². The van der Waals surface area contributed by atoms with Crippen LogP contribution in [-0.2, 0) is 4.79 Å². The van der Waals surface area contributed by atoms with Crippen LogP contribution in [0, 0.1) is 0 Å². The van der Waals surface area contributed by atoms with Crippen LogP contribution in [-0.4, -0.2) is 32.8 Å². The number of para-hydroxylation sites is 1. The van der Waals surface area contributed by atoms with Gasteiger partial charge in [0.05, 0.1) is 25.5 Å². The summed E-state index contributed by atoms with van der Waals surface area (Å²) in [6, 6.07) is 20.3. The molecule has 0 saturated carbocycles. The number of carbonyl (C=O) groups excluding carboxylic acids is 1. The third-order valence-corrected chi connectivity index (χ3v) is 5.24. The Morgan fingerprint density at radius 1 is 0.938 bits per heavy atom. The number of carbonyl (C=O) groups is 1. The zero-order valence-electron chi connectivity index (χ0n) is 17.6. The van der Waals surface area contributed by atoms with E-state index in [-0.39, 0.29) is 12.7 Å². The van der Waals surface area contributed by atoms with E-state index in [1.165, 1.54) is 0 Å². The van der Waals surface area contributed by atoms with Gasteiger partial charge in [0, 0.05) is 0 Å². The number of anilines is 1. The van der Waals surface area contributed by atoms with Crippen LogP contribution in [0.4, 0.5) is 5.69 Å². The first kappa shape index (κ1) is 19.7. The zero-order chi connectivity index (χ0) is 22.1. The Balaban J connectivity index is 1.61. The minimum Gasteiger partial charge on any atom is -0.497 e. The molecule has 0 unspecified atom stereocenters. The van der Waals surface area contributed by atoms with E-state index in [2.05, 4.69) is 0 Å². The number of benzene rings is 3. The number of methoxy groups -OCH3 is 2. The number of amidine groups is 1. The van der Waals surface area contributed by atoms with Crippen molar-refractivity contribution in [3.05, 3.63) is 83.6 Å². The van der Waals surface area contributed by atoms with Crippen LogP contribution in [0.25, 0.3) is 6.08 Å². The van der Waals surface area contributed by atoms with Gasteiger partial charge in [-0.25, -0.2) is 4.99 Å². The summed E-state index contributed by atoms with van der Waals surface area (Å²) in [5.74, 6) is 2.90. The number of rotatable bonds is 5. The molecule has 2 heterocycles. The van der Waals surface area contributed by atoms with Crippen molar-refractivity contribution in [3.63, 3.8) is 0 Å². The minimum absolute atomic E-state index is 0.190. The Morgan fingerprint density at radius 3 is 2.50 bits per heavy atom. The molecule has 0 fully saturated rings. The molecule has 0 spiro atoms. The maximum atomic E-state index is 13.5. The Morgan fingerprint density at radius 2 is 1.72 bits per heavy atom. The third kappa shape index (κ3) is 3.43. The molecule has 0 N–H and O–H groups in total. The minimum atomic E-state index is -0.242. The zero-order valence-corrected chi connectivity index (χ0v) is 17.6. The third-order valence-electron chi connectivity index (χ3n) is 5.24. The fourth-order valence-electron chi connectivity index (χ4n) is 3.66. The quantitative estimate of drug-likeness (QED) is 0.568. The van der Waals surface area contributed by atoms with Crippen LogP contribution in [0.5, 0.6) is 23.0 Å². The van der Waals surface area contributed by atoms with Gasteiger partial charge in [-0.3, -0.25) is 9.69 Å². The lowest BCUT2D eigenvalue weighted by Crippen LogP contribution is -2.32. The molecular formula is C25H20N2O5. The highest BCUT2D eigenvalue weighted by atomic mass is 16.7. The van der Waals surface area contributed by atoms with E-state index in [1.807, 2.05) is 66.7 Å². The highest BCUT2D eigenvalue weighted by molar-refractivity contribution is 6.33. The predicted octanol–water partition coefficient (Wildman–Crippen LogP) is 4.27. The molecule has 7 heteroatoms. The number of fused-ring (bicyclic) bond motifs is 1. The molecule has 3 aromatic rings. The molecular weight excluding hydrogens is 408 g/mol. The van der Waals surface area contributed by atoms with Crippen molar-refractivity contribution in [1.29, 1.82) is 0 Å². The Bertz CT molecular complexity index is 1250. The lowest BCUT2D eigenvalue weighted by molar-refractivity contribution is -0.113. The van der Waals surface area contributed by atoms with E-state index in [9.17, 15) is 4.79 Å². The molecule has 2 aliphatic rings. The highest BCUT2D eigenvalue weighted by Gasteiger charge is 2.34. The van der Waals surface area contributed by atoms with Gasteiger partial charge in [0.1, 0.15) is 17.2 Å². The number of amides is 1. The Labute approximate surface area is 185 Å². The van der Waals surface area contributed by atoms with E-state index < -0.39 is 0 Å². The lowest BCUT2D eigenvalue weighted by Gasteiger charge is -2.20. The molecule has 0 saturated heterocycles. The van der Waals surface area contributed by atoms with Crippen molar-refractivity contribution in [2.24, 2.45) is 4.99 Å². The summed E-state index contributed by atoms with van der Waals surface area (Å²) in [5.41, 5.74) is 2.49. The Kier molecular flexibility index (Phi) is 4.99. The van der Waals surface area contributed by atoms with Gasteiger partial charge in [0.15, 0.2) is 17.3 Å². The van der Waals surface area contributed by atoms with Crippen LogP contribution in [0.2, 0.25) is 0 Å². The van der Waals surface area contributed by atoms with Crippen LogP contribution < -0.4 is 23.8 Å². The standard InChI is InChI=1S/C25H20N2O5/c1-29-18-10-8-17(9-11-18)27-24(19-5-3-4-6-21(19)30-2)26-20(25(27)28)13-16-7-12-22-23(14-16)32-15-31-22/h3-14H,15H2,1-2H3/b20-13+. The van der Waals surface area contributed by atoms with Crippen LogP contribution in [0.1, 0.15) is 11.1 Å². The molecule has 160 valence electrons. The summed E-state index contributed by atoms with van der Waals surface area (Å²) in [6.07, 6.45) is 1.74. The predicted molar refractivity (Wildman–Crippen MR) is 121 cm³/mol. The maximum absolute atomic E-state index is 13.5.